The first-order chi connectivity index (χ1) is 8.25. The standard InChI is InChI=1S/C11H13N3OS2/c1-8(15)14-9-2-4-16-10(9)6-12-7-11-13-3-5-17-11/h2-5,12H,6-7H2,1H3,(H,14,15). The molecule has 2 heterocycles. The fourth-order valence-corrected chi connectivity index (χ4v) is 2.79. The van der Waals surface area contributed by atoms with Crippen LogP contribution < -0.4 is 10.6 Å². The molecule has 0 unspecified atom stereocenters. The summed E-state index contributed by atoms with van der Waals surface area (Å²) in [5, 5.41) is 11.1. The van der Waals surface area contributed by atoms with E-state index >= 15 is 0 Å². The van der Waals surface area contributed by atoms with Crippen LogP contribution in [-0.2, 0) is 17.9 Å². The van der Waals surface area contributed by atoms with Crippen molar-refractivity contribution in [1.29, 1.82) is 0 Å². The maximum Gasteiger partial charge on any atom is 0.221 e. The number of rotatable bonds is 5. The molecule has 0 saturated heterocycles. The Bertz CT molecular complexity index is 479. The number of thiazole rings is 1. The predicted octanol–water partition coefficient (Wildman–Crippen LogP) is 2.45. The van der Waals surface area contributed by atoms with Crippen LogP contribution in [0.3, 0.4) is 0 Å². The van der Waals surface area contributed by atoms with Crippen LogP contribution in [0.5, 0.6) is 0 Å². The van der Waals surface area contributed by atoms with E-state index in [1.807, 2.05) is 16.8 Å². The van der Waals surface area contributed by atoms with Crippen molar-refractivity contribution in [2.45, 2.75) is 20.0 Å². The summed E-state index contributed by atoms with van der Waals surface area (Å²) in [5.41, 5.74) is 0.897. The first-order valence-corrected chi connectivity index (χ1v) is 6.94. The second kappa shape index (κ2) is 5.90. The molecule has 0 spiro atoms. The van der Waals surface area contributed by atoms with Crippen molar-refractivity contribution < 1.29 is 4.79 Å². The van der Waals surface area contributed by atoms with E-state index in [1.165, 1.54) is 6.92 Å². The highest BCUT2D eigenvalue weighted by atomic mass is 32.1. The number of thiophene rings is 1. The minimum absolute atomic E-state index is 0.0374. The third-order valence-electron chi connectivity index (χ3n) is 2.10. The summed E-state index contributed by atoms with van der Waals surface area (Å²) in [6.07, 6.45) is 1.80. The van der Waals surface area contributed by atoms with E-state index in [0.29, 0.717) is 0 Å². The van der Waals surface area contributed by atoms with Crippen LogP contribution in [0.25, 0.3) is 0 Å². The van der Waals surface area contributed by atoms with Gasteiger partial charge >= 0.3 is 0 Å². The number of carbonyl (C=O) groups excluding carboxylic acids is 1. The lowest BCUT2D eigenvalue weighted by molar-refractivity contribution is -0.114. The number of carbonyl (C=O) groups is 1. The number of amides is 1. The zero-order valence-electron chi connectivity index (χ0n) is 9.40. The van der Waals surface area contributed by atoms with E-state index < -0.39 is 0 Å². The monoisotopic (exact) mass is 267 g/mol. The Kier molecular flexibility index (Phi) is 4.24. The fourth-order valence-electron chi connectivity index (χ4n) is 1.40. The van der Waals surface area contributed by atoms with E-state index in [0.717, 1.165) is 28.7 Å². The highest BCUT2D eigenvalue weighted by Gasteiger charge is 2.05. The Balaban J connectivity index is 1.86. The van der Waals surface area contributed by atoms with E-state index in [2.05, 4.69) is 15.6 Å². The maximum absolute atomic E-state index is 11.0. The van der Waals surface area contributed by atoms with Crippen LogP contribution in [0.15, 0.2) is 23.0 Å². The van der Waals surface area contributed by atoms with Gasteiger partial charge in [-0.1, -0.05) is 0 Å². The normalized spacial score (nSPS) is 10.4. The largest absolute Gasteiger partial charge is 0.325 e. The molecule has 0 saturated carbocycles. The van der Waals surface area contributed by atoms with Gasteiger partial charge in [0.25, 0.3) is 0 Å². The van der Waals surface area contributed by atoms with E-state index in [1.54, 1.807) is 28.9 Å². The summed E-state index contributed by atoms with van der Waals surface area (Å²) < 4.78 is 0. The lowest BCUT2D eigenvalue weighted by Crippen LogP contribution is -2.14. The molecule has 0 aromatic carbocycles. The van der Waals surface area contributed by atoms with Gasteiger partial charge in [-0.3, -0.25) is 4.79 Å². The van der Waals surface area contributed by atoms with Crippen molar-refractivity contribution in [3.63, 3.8) is 0 Å². The number of nitrogens with one attached hydrogen (secondary N) is 2. The van der Waals surface area contributed by atoms with E-state index in [4.69, 9.17) is 0 Å². The van der Waals surface area contributed by atoms with Crippen LogP contribution >= 0.6 is 22.7 Å². The molecule has 2 aromatic heterocycles. The van der Waals surface area contributed by atoms with Gasteiger partial charge in [0, 0.05) is 36.5 Å². The zero-order valence-corrected chi connectivity index (χ0v) is 11.0. The fraction of sp³-hybridized carbons (Fsp3) is 0.273. The summed E-state index contributed by atoms with van der Waals surface area (Å²) >= 11 is 3.27. The first kappa shape index (κ1) is 12.2. The second-order valence-electron chi connectivity index (χ2n) is 3.47. The summed E-state index contributed by atoms with van der Waals surface area (Å²) in [4.78, 5) is 16.3. The molecule has 0 radical (unpaired) electrons. The molecular formula is C11H13N3OS2. The summed E-state index contributed by atoms with van der Waals surface area (Å²) in [6.45, 7) is 3.02. The van der Waals surface area contributed by atoms with Crippen molar-refractivity contribution in [3.05, 3.63) is 32.9 Å². The number of aromatic nitrogens is 1. The Morgan fingerprint density at radius 3 is 2.94 bits per heavy atom. The molecule has 2 aromatic rings. The van der Waals surface area contributed by atoms with Crippen molar-refractivity contribution in [3.8, 4) is 0 Å². The molecule has 6 heteroatoms. The SMILES string of the molecule is CC(=O)Nc1ccsc1CNCc1nccs1. The van der Waals surface area contributed by atoms with Gasteiger partial charge in [0.15, 0.2) is 0 Å². The van der Waals surface area contributed by atoms with E-state index in [-0.39, 0.29) is 5.91 Å². The van der Waals surface area contributed by atoms with Crippen LogP contribution in [0, 0.1) is 0 Å². The molecular weight excluding hydrogens is 254 g/mol. The van der Waals surface area contributed by atoms with Gasteiger partial charge < -0.3 is 10.6 Å². The third-order valence-corrected chi connectivity index (χ3v) is 3.80. The Morgan fingerprint density at radius 2 is 2.24 bits per heavy atom. The van der Waals surface area contributed by atoms with Gasteiger partial charge in [-0.2, -0.15) is 0 Å². The van der Waals surface area contributed by atoms with Gasteiger partial charge in [-0.15, -0.1) is 22.7 Å². The van der Waals surface area contributed by atoms with Gasteiger partial charge in [-0.25, -0.2) is 4.98 Å². The molecule has 0 aliphatic heterocycles. The first-order valence-electron chi connectivity index (χ1n) is 5.19. The molecule has 0 bridgehead atoms. The van der Waals surface area contributed by atoms with Crippen LogP contribution in [0.1, 0.15) is 16.8 Å². The third kappa shape index (κ3) is 3.62. The summed E-state index contributed by atoms with van der Waals surface area (Å²) in [6, 6.07) is 1.92. The minimum atomic E-state index is -0.0374. The quantitative estimate of drug-likeness (QED) is 0.875. The number of nitrogens with zero attached hydrogens (tertiary/aromatic N) is 1. The molecule has 1 amide bonds. The van der Waals surface area contributed by atoms with Crippen molar-refractivity contribution in [2.75, 3.05) is 5.32 Å². The van der Waals surface area contributed by atoms with Crippen LogP contribution in [-0.4, -0.2) is 10.9 Å². The molecule has 0 atom stereocenters. The van der Waals surface area contributed by atoms with Gasteiger partial charge in [-0.05, 0) is 11.4 Å². The maximum atomic E-state index is 11.0. The molecule has 17 heavy (non-hydrogen) atoms. The molecule has 90 valence electrons. The molecule has 0 fully saturated rings. The van der Waals surface area contributed by atoms with Gasteiger partial charge in [0.1, 0.15) is 5.01 Å². The van der Waals surface area contributed by atoms with Crippen LogP contribution in [0.4, 0.5) is 5.69 Å². The number of hydrogen-bond donors (Lipinski definition) is 2. The number of hydrogen-bond acceptors (Lipinski definition) is 5. The topological polar surface area (TPSA) is 54.0 Å². The summed E-state index contributed by atoms with van der Waals surface area (Å²) in [7, 11) is 0. The van der Waals surface area contributed by atoms with Gasteiger partial charge in [0.05, 0.1) is 5.69 Å². The highest BCUT2D eigenvalue weighted by Crippen LogP contribution is 2.22. The highest BCUT2D eigenvalue weighted by molar-refractivity contribution is 7.10. The molecule has 2 rings (SSSR count). The van der Waals surface area contributed by atoms with E-state index in [9.17, 15) is 4.79 Å². The predicted molar refractivity (Wildman–Crippen MR) is 71.3 cm³/mol. The molecule has 4 nitrogen and oxygen atoms in total. The van der Waals surface area contributed by atoms with Crippen molar-refractivity contribution in [1.82, 2.24) is 10.3 Å². The summed E-state index contributed by atoms with van der Waals surface area (Å²) in [5.74, 6) is -0.0374. The Hall–Kier alpha value is -1.24. The lowest BCUT2D eigenvalue weighted by Gasteiger charge is -2.05. The smallest absolute Gasteiger partial charge is 0.221 e. The average Bonchev–Trinajstić information content (AvgIpc) is 2.90. The lowest BCUT2D eigenvalue weighted by atomic mass is 10.3. The second-order valence-corrected chi connectivity index (χ2v) is 5.45. The van der Waals surface area contributed by atoms with Crippen molar-refractivity contribution in [2.24, 2.45) is 0 Å². The van der Waals surface area contributed by atoms with Crippen molar-refractivity contribution >= 4 is 34.3 Å². The number of anilines is 1. The molecule has 0 aliphatic carbocycles. The van der Waals surface area contributed by atoms with Gasteiger partial charge in [0.2, 0.25) is 5.91 Å². The molecule has 0 aliphatic rings. The Morgan fingerprint density at radius 1 is 1.35 bits per heavy atom. The Labute approximate surface area is 108 Å². The molecule has 2 N–H and O–H groups in total. The zero-order chi connectivity index (χ0) is 12.1. The van der Waals surface area contributed by atoms with Crippen LogP contribution in [0.2, 0.25) is 0 Å². The average molecular weight is 267 g/mol. The minimum Gasteiger partial charge on any atom is -0.325 e.